The molecule has 2 atom stereocenters. The third-order valence-corrected chi connectivity index (χ3v) is 5.63. The molecule has 1 aliphatic heterocycles. The number of carbonyl (C=O) groups excluding carboxylic acids is 2. The van der Waals surface area contributed by atoms with Crippen molar-refractivity contribution in [1.29, 1.82) is 0 Å². The van der Waals surface area contributed by atoms with Crippen LogP contribution in [0.1, 0.15) is 42.6 Å². The zero-order valence-electron chi connectivity index (χ0n) is 18.9. The number of carbonyl (C=O) groups is 2. The molecule has 0 aliphatic carbocycles. The van der Waals surface area contributed by atoms with Crippen molar-refractivity contribution < 1.29 is 14.7 Å². The zero-order valence-corrected chi connectivity index (χ0v) is 18.9. The summed E-state index contributed by atoms with van der Waals surface area (Å²) >= 11 is 0. The SMILES string of the molecule is CCNCC(O)C(Cc1ccccc1)NC(=O)c1cc(NCC)cc(N2CCCC2=O)c1. The number of likely N-dealkylation sites (N-methyl/N-ethyl adjacent to an activating group) is 1. The van der Waals surface area contributed by atoms with E-state index < -0.39 is 12.1 Å². The Morgan fingerprint density at radius 1 is 1.12 bits per heavy atom. The Morgan fingerprint density at radius 3 is 2.56 bits per heavy atom. The summed E-state index contributed by atoms with van der Waals surface area (Å²) in [5.74, 6) is -0.192. The summed E-state index contributed by atoms with van der Waals surface area (Å²) < 4.78 is 0. The van der Waals surface area contributed by atoms with Crippen LogP contribution in [0.2, 0.25) is 0 Å². The van der Waals surface area contributed by atoms with E-state index in [9.17, 15) is 14.7 Å². The van der Waals surface area contributed by atoms with Crippen LogP contribution in [-0.4, -0.2) is 55.2 Å². The van der Waals surface area contributed by atoms with Gasteiger partial charge in [-0.15, -0.1) is 0 Å². The Kier molecular flexibility index (Phi) is 8.64. The fraction of sp³-hybridized carbons (Fsp3) is 0.440. The van der Waals surface area contributed by atoms with Crippen LogP contribution in [0.4, 0.5) is 11.4 Å². The van der Waals surface area contributed by atoms with E-state index in [4.69, 9.17) is 0 Å². The fourth-order valence-corrected chi connectivity index (χ4v) is 3.96. The molecule has 0 spiro atoms. The molecule has 0 bridgehead atoms. The van der Waals surface area contributed by atoms with Crippen molar-refractivity contribution >= 4 is 23.2 Å². The van der Waals surface area contributed by atoms with Crippen LogP contribution in [0.3, 0.4) is 0 Å². The van der Waals surface area contributed by atoms with Gasteiger partial charge in [-0.2, -0.15) is 0 Å². The maximum atomic E-state index is 13.3. The molecule has 0 aromatic heterocycles. The normalized spacial score (nSPS) is 15.5. The average Bonchev–Trinajstić information content (AvgIpc) is 3.23. The largest absolute Gasteiger partial charge is 0.390 e. The smallest absolute Gasteiger partial charge is 0.251 e. The zero-order chi connectivity index (χ0) is 22.9. The molecule has 4 N–H and O–H groups in total. The van der Waals surface area contributed by atoms with E-state index in [2.05, 4.69) is 16.0 Å². The summed E-state index contributed by atoms with van der Waals surface area (Å²) in [6, 6.07) is 14.8. The van der Waals surface area contributed by atoms with Gasteiger partial charge in [0.2, 0.25) is 5.91 Å². The predicted octanol–water partition coefficient (Wildman–Crippen LogP) is 2.56. The van der Waals surface area contributed by atoms with E-state index in [0.29, 0.717) is 38.0 Å². The monoisotopic (exact) mass is 438 g/mol. The summed E-state index contributed by atoms with van der Waals surface area (Å²) in [6.45, 7) is 6.45. The lowest BCUT2D eigenvalue weighted by Crippen LogP contribution is -2.48. The summed E-state index contributed by atoms with van der Waals surface area (Å²) in [4.78, 5) is 27.3. The maximum absolute atomic E-state index is 13.3. The van der Waals surface area contributed by atoms with Gasteiger partial charge in [-0.05, 0) is 50.1 Å². The van der Waals surface area contributed by atoms with Crippen LogP contribution in [0.5, 0.6) is 0 Å². The first-order valence-corrected chi connectivity index (χ1v) is 11.4. The number of hydrogen-bond donors (Lipinski definition) is 4. The van der Waals surface area contributed by atoms with Crippen LogP contribution in [0, 0.1) is 0 Å². The van der Waals surface area contributed by atoms with Gasteiger partial charge in [0, 0.05) is 43.0 Å². The van der Waals surface area contributed by atoms with Crippen molar-refractivity contribution in [2.45, 2.75) is 45.3 Å². The van der Waals surface area contributed by atoms with Gasteiger partial charge in [0.25, 0.3) is 5.91 Å². The highest BCUT2D eigenvalue weighted by atomic mass is 16.3. The predicted molar refractivity (Wildman–Crippen MR) is 128 cm³/mol. The summed E-state index contributed by atoms with van der Waals surface area (Å²) in [6.07, 6.45) is 1.13. The molecular weight excluding hydrogens is 404 g/mol. The number of aliphatic hydroxyl groups is 1. The summed E-state index contributed by atoms with van der Waals surface area (Å²) in [5.41, 5.74) is 3.02. The molecule has 1 fully saturated rings. The molecule has 7 heteroatoms. The molecule has 3 rings (SSSR count). The minimum Gasteiger partial charge on any atom is -0.390 e. The Labute approximate surface area is 190 Å². The van der Waals surface area contributed by atoms with Gasteiger partial charge < -0.3 is 26.0 Å². The molecule has 2 unspecified atom stereocenters. The molecule has 1 heterocycles. The molecule has 1 aliphatic rings. The molecule has 0 radical (unpaired) electrons. The van der Waals surface area contributed by atoms with Gasteiger partial charge in [0.15, 0.2) is 0 Å². The highest BCUT2D eigenvalue weighted by molar-refractivity contribution is 6.00. The third-order valence-electron chi connectivity index (χ3n) is 5.63. The number of amides is 2. The Morgan fingerprint density at radius 2 is 1.91 bits per heavy atom. The van der Waals surface area contributed by atoms with Crippen molar-refractivity contribution in [3.63, 3.8) is 0 Å². The number of rotatable bonds is 11. The first-order chi connectivity index (χ1) is 15.5. The third kappa shape index (κ3) is 6.31. The van der Waals surface area contributed by atoms with Crippen molar-refractivity contribution in [1.82, 2.24) is 10.6 Å². The van der Waals surface area contributed by atoms with Gasteiger partial charge in [-0.25, -0.2) is 0 Å². The van der Waals surface area contributed by atoms with E-state index in [1.165, 1.54) is 0 Å². The second-order valence-corrected chi connectivity index (χ2v) is 8.09. The first-order valence-electron chi connectivity index (χ1n) is 11.4. The van der Waals surface area contributed by atoms with Gasteiger partial charge >= 0.3 is 0 Å². The highest BCUT2D eigenvalue weighted by Crippen LogP contribution is 2.26. The lowest BCUT2D eigenvalue weighted by atomic mass is 10.00. The molecule has 7 nitrogen and oxygen atoms in total. The lowest BCUT2D eigenvalue weighted by molar-refractivity contribution is -0.117. The number of hydrogen-bond acceptors (Lipinski definition) is 5. The number of aliphatic hydroxyl groups excluding tert-OH is 1. The maximum Gasteiger partial charge on any atom is 0.251 e. The molecule has 2 aromatic carbocycles. The van der Waals surface area contributed by atoms with Crippen LogP contribution in [0.25, 0.3) is 0 Å². The average molecular weight is 439 g/mol. The second kappa shape index (κ2) is 11.6. The first kappa shape index (κ1) is 23.8. The fourth-order valence-electron chi connectivity index (χ4n) is 3.96. The van der Waals surface area contributed by atoms with Crippen LogP contribution >= 0.6 is 0 Å². The van der Waals surface area contributed by atoms with Crippen molar-refractivity contribution in [2.24, 2.45) is 0 Å². The molecule has 2 aromatic rings. The van der Waals surface area contributed by atoms with Crippen molar-refractivity contribution in [3.05, 3.63) is 59.7 Å². The second-order valence-electron chi connectivity index (χ2n) is 8.09. The van der Waals surface area contributed by atoms with Crippen LogP contribution in [-0.2, 0) is 11.2 Å². The Bertz CT molecular complexity index is 903. The quantitative estimate of drug-likeness (QED) is 0.433. The Balaban J connectivity index is 1.83. The summed E-state index contributed by atoms with van der Waals surface area (Å²) in [5, 5.41) is 20.2. The number of nitrogens with one attached hydrogen (secondary N) is 3. The number of benzene rings is 2. The molecule has 2 amide bonds. The molecule has 172 valence electrons. The summed E-state index contributed by atoms with van der Waals surface area (Å²) in [7, 11) is 0. The minimum absolute atomic E-state index is 0.0769. The Hall–Kier alpha value is -2.90. The van der Waals surface area contributed by atoms with E-state index in [1.54, 1.807) is 17.0 Å². The van der Waals surface area contributed by atoms with Crippen LogP contribution < -0.4 is 20.9 Å². The van der Waals surface area contributed by atoms with Crippen molar-refractivity contribution in [3.8, 4) is 0 Å². The van der Waals surface area contributed by atoms with E-state index in [0.717, 1.165) is 29.9 Å². The topological polar surface area (TPSA) is 93.7 Å². The highest BCUT2D eigenvalue weighted by Gasteiger charge is 2.25. The molecule has 0 saturated carbocycles. The number of anilines is 2. The minimum atomic E-state index is -0.740. The van der Waals surface area contributed by atoms with Gasteiger partial charge in [-0.1, -0.05) is 37.3 Å². The van der Waals surface area contributed by atoms with E-state index in [-0.39, 0.29) is 11.8 Å². The van der Waals surface area contributed by atoms with E-state index >= 15 is 0 Å². The number of nitrogens with zero attached hydrogens (tertiary/aromatic N) is 1. The van der Waals surface area contributed by atoms with Crippen molar-refractivity contribution in [2.75, 3.05) is 36.4 Å². The van der Waals surface area contributed by atoms with E-state index in [1.807, 2.05) is 50.2 Å². The standard InChI is InChI=1S/C25H34N4O3/c1-3-26-17-23(30)22(13-18-9-6-5-7-10-18)28-25(32)19-14-20(27-4-2)16-21(15-19)29-12-8-11-24(29)31/h5-7,9-10,14-16,22-23,26-27,30H,3-4,8,11-13,17H2,1-2H3,(H,28,32). The molecular formula is C25H34N4O3. The van der Waals surface area contributed by atoms with Gasteiger partial charge in [0.05, 0.1) is 12.1 Å². The molecule has 32 heavy (non-hydrogen) atoms. The molecule has 1 saturated heterocycles. The van der Waals surface area contributed by atoms with Gasteiger partial charge in [0.1, 0.15) is 0 Å². The van der Waals surface area contributed by atoms with Crippen LogP contribution in [0.15, 0.2) is 48.5 Å². The lowest BCUT2D eigenvalue weighted by Gasteiger charge is -2.25. The van der Waals surface area contributed by atoms with Gasteiger partial charge in [-0.3, -0.25) is 9.59 Å².